The van der Waals surface area contributed by atoms with Crippen molar-refractivity contribution in [3.05, 3.63) is 34.2 Å². The van der Waals surface area contributed by atoms with E-state index in [9.17, 15) is 9.59 Å². The lowest BCUT2D eigenvalue weighted by Crippen LogP contribution is -2.38. The molecule has 0 radical (unpaired) electrons. The molecule has 0 aromatic carbocycles. The fraction of sp³-hybridized carbons (Fsp3) is 0.455. The Kier molecular flexibility index (Phi) is 3.29. The van der Waals surface area contributed by atoms with Crippen LogP contribution in [-0.2, 0) is 0 Å². The number of hydrogen-bond donors (Lipinski definition) is 2. The average molecular weight is 241 g/mol. The summed E-state index contributed by atoms with van der Waals surface area (Å²) in [5.41, 5.74) is 0.239. The summed E-state index contributed by atoms with van der Waals surface area (Å²) in [5, 5.41) is 2.89. The molecule has 0 saturated heterocycles. The van der Waals surface area contributed by atoms with Crippen LogP contribution in [0.4, 0.5) is 0 Å². The third-order valence-electron chi connectivity index (χ3n) is 2.79. The maximum atomic E-state index is 11.8. The predicted molar refractivity (Wildman–Crippen MR) is 61.8 cm³/mol. The van der Waals surface area contributed by atoms with Crippen molar-refractivity contribution in [1.82, 2.24) is 10.3 Å². The van der Waals surface area contributed by atoms with Crippen molar-refractivity contribution in [3.63, 3.8) is 0 Å². The molecule has 1 aromatic rings. The Morgan fingerprint density at radius 1 is 1.44 bits per heavy atom. The number of carbonyl (C=O) groups is 1. The third-order valence-corrected chi connectivity index (χ3v) is 3.32. The maximum Gasteiger partial charge on any atom is 0.253 e. The van der Waals surface area contributed by atoms with Gasteiger partial charge in [-0.05, 0) is 25.3 Å². The second kappa shape index (κ2) is 4.70. The zero-order valence-corrected chi connectivity index (χ0v) is 9.46. The summed E-state index contributed by atoms with van der Waals surface area (Å²) < 4.78 is 0. The van der Waals surface area contributed by atoms with Gasteiger partial charge in [0.2, 0.25) is 5.56 Å². The van der Waals surface area contributed by atoms with E-state index >= 15 is 0 Å². The Balaban J connectivity index is 2.02. The van der Waals surface area contributed by atoms with Gasteiger partial charge in [-0.15, -0.1) is 11.6 Å². The molecule has 0 aliphatic heterocycles. The monoisotopic (exact) mass is 240 g/mol. The number of aromatic nitrogens is 1. The quantitative estimate of drug-likeness (QED) is 0.765. The Hall–Kier alpha value is -1.29. The van der Waals surface area contributed by atoms with E-state index in [1.165, 1.54) is 18.3 Å². The van der Waals surface area contributed by atoms with E-state index in [2.05, 4.69) is 10.3 Å². The molecule has 1 heterocycles. The SMILES string of the molecule is O=C(NC1CCCC1Cl)c1ccc(=O)[nH]c1. The summed E-state index contributed by atoms with van der Waals surface area (Å²) in [6.45, 7) is 0. The van der Waals surface area contributed by atoms with Gasteiger partial charge in [0.1, 0.15) is 0 Å². The number of nitrogens with one attached hydrogen (secondary N) is 2. The predicted octanol–water partition coefficient (Wildman–Crippen LogP) is 1.26. The summed E-state index contributed by atoms with van der Waals surface area (Å²) in [6.07, 6.45) is 4.32. The second-order valence-corrected chi connectivity index (χ2v) is 4.53. The van der Waals surface area contributed by atoms with E-state index in [4.69, 9.17) is 11.6 Å². The Morgan fingerprint density at radius 3 is 2.81 bits per heavy atom. The molecule has 0 spiro atoms. The first-order valence-electron chi connectivity index (χ1n) is 5.30. The molecule has 2 N–H and O–H groups in total. The minimum atomic E-state index is -0.215. The number of aromatic amines is 1. The van der Waals surface area contributed by atoms with Gasteiger partial charge in [0.05, 0.1) is 10.9 Å². The van der Waals surface area contributed by atoms with E-state index in [0.29, 0.717) is 5.56 Å². The summed E-state index contributed by atoms with van der Waals surface area (Å²) in [4.78, 5) is 25.1. The molecular weight excluding hydrogens is 228 g/mol. The van der Waals surface area contributed by atoms with Crippen molar-refractivity contribution in [1.29, 1.82) is 0 Å². The summed E-state index contributed by atoms with van der Waals surface area (Å²) in [6, 6.07) is 2.88. The maximum absolute atomic E-state index is 11.8. The fourth-order valence-corrected chi connectivity index (χ4v) is 2.22. The van der Waals surface area contributed by atoms with Gasteiger partial charge in [-0.1, -0.05) is 0 Å². The van der Waals surface area contributed by atoms with Crippen molar-refractivity contribution in [2.24, 2.45) is 0 Å². The third kappa shape index (κ3) is 2.44. The van der Waals surface area contributed by atoms with Crippen molar-refractivity contribution >= 4 is 17.5 Å². The van der Waals surface area contributed by atoms with Crippen molar-refractivity contribution in [3.8, 4) is 0 Å². The Bertz CT molecular complexity index is 423. The first-order valence-corrected chi connectivity index (χ1v) is 5.74. The van der Waals surface area contributed by atoms with Crippen LogP contribution in [0.1, 0.15) is 29.6 Å². The number of hydrogen-bond acceptors (Lipinski definition) is 2. The van der Waals surface area contributed by atoms with Gasteiger partial charge in [-0.25, -0.2) is 0 Å². The van der Waals surface area contributed by atoms with Gasteiger partial charge in [-0.3, -0.25) is 9.59 Å². The molecule has 4 nitrogen and oxygen atoms in total. The molecule has 2 unspecified atom stereocenters. The van der Waals surface area contributed by atoms with Crippen LogP contribution in [0.15, 0.2) is 23.1 Å². The number of amides is 1. The molecular formula is C11H13ClN2O2. The normalized spacial score (nSPS) is 24.3. The topological polar surface area (TPSA) is 62.0 Å². The molecule has 86 valence electrons. The van der Waals surface area contributed by atoms with Crippen LogP contribution < -0.4 is 10.9 Å². The van der Waals surface area contributed by atoms with E-state index in [0.717, 1.165) is 19.3 Å². The van der Waals surface area contributed by atoms with Crippen LogP contribution in [0.3, 0.4) is 0 Å². The van der Waals surface area contributed by atoms with Crippen LogP contribution in [0.5, 0.6) is 0 Å². The number of rotatable bonds is 2. The van der Waals surface area contributed by atoms with Gasteiger partial charge in [0.15, 0.2) is 0 Å². The molecule has 1 amide bonds. The highest BCUT2D eigenvalue weighted by atomic mass is 35.5. The standard InChI is InChI=1S/C11H13ClN2O2/c12-8-2-1-3-9(8)14-11(16)7-4-5-10(15)13-6-7/h4-6,8-9H,1-3H2,(H,13,15)(H,14,16). The fourth-order valence-electron chi connectivity index (χ4n) is 1.88. The van der Waals surface area contributed by atoms with Crippen LogP contribution in [0.25, 0.3) is 0 Å². The van der Waals surface area contributed by atoms with Gasteiger partial charge >= 0.3 is 0 Å². The first kappa shape index (κ1) is 11.2. The summed E-state index contributed by atoms with van der Waals surface area (Å²) in [7, 11) is 0. The number of pyridine rings is 1. The second-order valence-electron chi connectivity index (χ2n) is 3.97. The number of halogens is 1. The van der Waals surface area contributed by atoms with Crippen molar-refractivity contribution in [2.45, 2.75) is 30.7 Å². The first-order chi connectivity index (χ1) is 7.66. The molecule has 1 fully saturated rings. The lowest BCUT2D eigenvalue weighted by atomic mass is 10.2. The molecule has 5 heteroatoms. The minimum Gasteiger partial charge on any atom is -0.348 e. The lowest BCUT2D eigenvalue weighted by Gasteiger charge is -2.15. The minimum absolute atomic E-state index is 0.0201. The van der Waals surface area contributed by atoms with Crippen molar-refractivity contribution in [2.75, 3.05) is 0 Å². The van der Waals surface area contributed by atoms with E-state index < -0.39 is 0 Å². The number of H-pyrrole nitrogens is 1. The van der Waals surface area contributed by atoms with Crippen LogP contribution in [-0.4, -0.2) is 22.3 Å². The summed E-state index contributed by atoms with van der Waals surface area (Å²) in [5.74, 6) is -0.186. The van der Waals surface area contributed by atoms with Crippen LogP contribution in [0, 0.1) is 0 Å². The smallest absolute Gasteiger partial charge is 0.253 e. The zero-order chi connectivity index (χ0) is 11.5. The lowest BCUT2D eigenvalue weighted by molar-refractivity contribution is 0.0938. The van der Waals surface area contributed by atoms with Crippen molar-refractivity contribution < 1.29 is 4.79 Å². The van der Waals surface area contributed by atoms with Gasteiger partial charge in [-0.2, -0.15) is 0 Å². The largest absolute Gasteiger partial charge is 0.348 e. The van der Waals surface area contributed by atoms with E-state index in [1.54, 1.807) is 0 Å². The number of carbonyl (C=O) groups excluding carboxylic acids is 1. The highest BCUT2D eigenvalue weighted by Gasteiger charge is 2.26. The van der Waals surface area contributed by atoms with Gasteiger partial charge < -0.3 is 10.3 Å². The molecule has 2 rings (SSSR count). The molecule has 16 heavy (non-hydrogen) atoms. The van der Waals surface area contributed by atoms with E-state index in [-0.39, 0.29) is 22.9 Å². The Labute approximate surface area is 98.0 Å². The highest BCUT2D eigenvalue weighted by Crippen LogP contribution is 2.24. The van der Waals surface area contributed by atoms with E-state index in [1.807, 2.05) is 0 Å². The number of alkyl halides is 1. The molecule has 1 aliphatic carbocycles. The molecule has 1 aliphatic rings. The Morgan fingerprint density at radius 2 is 2.25 bits per heavy atom. The summed E-state index contributed by atoms with van der Waals surface area (Å²) >= 11 is 6.06. The molecule has 2 atom stereocenters. The van der Waals surface area contributed by atoms with Gasteiger partial charge in [0, 0.05) is 18.3 Å². The van der Waals surface area contributed by atoms with Crippen LogP contribution >= 0.6 is 11.6 Å². The highest BCUT2D eigenvalue weighted by molar-refractivity contribution is 6.21. The van der Waals surface area contributed by atoms with Crippen LogP contribution in [0.2, 0.25) is 0 Å². The molecule has 1 aromatic heterocycles. The molecule has 1 saturated carbocycles. The average Bonchev–Trinajstić information content (AvgIpc) is 2.65. The molecule has 0 bridgehead atoms. The zero-order valence-electron chi connectivity index (χ0n) is 8.70. The van der Waals surface area contributed by atoms with Gasteiger partial charge in [0.25, 0.3) is 5.91 Å².